The third kappa shape index (κ3) is 2.97. The molecule has 0 amide bonds. The van der Waals surface area contributed by atoms with Crippen LogP contribution in [-0.4, -0.2) is 5.11 Å². The topological polar surface area (TPSA) is 50.4 Å². The SMILES string of the molecule is CCC(Cc1cccs1)c1cc(O)cc(=O)o1. The molecule has 0 saturated carbocycles. The van der Waals surface area contributed by atoms with Gasteiger partial charge in [0.05, 0.1) is 6.07 Å². The maximum Gasteiger partial charge on any atom is 0.339 e. The molecule has 2 aromatic rings. The Morgan fingerprint density at radius 3 is 2.88 bits per heavy atom. The largest absolute Gasteiger partial charge is 0.508 e. The van der Waals surface area contributed by atoms with Crippen molar-refractivity contribution in [2.45, 2.75) is 25.7 Å². The summed E-state index contributed by atoms with van der Waals surface area (Å²) < 4.78 is 5.15. The van der Waals surface area contributed by atoms with Crippen molar-refractivity contribution in [1.82, 2.24) is 0 Å². The lowest BCUT2D eigenvalue weighted by Gasteiger charge is -2.12. The van der Waals surface area contributed by atoms with Gasteiger partial charge < -0.3 is 9.52 Å². The highest BCUT2D eigenvalue weighted by Gasteiger charge is 2.15. The highest BCUT2D eigenvalue weighted by Crippen LogP contribution is 2.27. The van der Waals surface area contributed by atoms with E-state index in [0.717, 1.165) is 18.9 Å². The van der Waals surface area contributed by atoms with Crippen molar-refractivity contribution in [1.29, 1.82) is 0 Å². The van der Waals surface area contributed by atoms with Gasteiger partial charge in [-0.15, -0.1) is 11.3 Å². The lowest BCUT2D eigenvalue weighted by molar-refractivity contribution is 0.394. The molecule has 0 radical (unpaired) electrons. The third-order valence-corrected chi connectivity index (χ3v) is 3.60. The van der Waals surface area contributed by atoms with E-state index in [1.54, 1.807) is 11.3 Å². The molecule has 0 aliphatic heterocycles. The third-order valence-electron chi connectivity index (χ3n) is 2.70. The van der Waals surface area contributed by atoms with Crippen molar-refractivity contribution in [2.75, 3.05) is 0 Å². The first-order valence-corrected chi connectivity index (χ1v) is 6.43. The van der Waals surface area contributed by atoms with Crippen molar-refractivity contribution >= 4 is 11.3 Å². The molecule has 0 spiro atoms. The Bertz CT molecular complexity index is 528. The zero-order chi connectivity index (χ0) is 12.3. The van der Waals surface area contributed by atoms with Crippen LogP contribution in [0.15, 0.2) is 38.9 Å². The molecular weight excluding hydrogens is 236 g/mol. The summed E-state index contributed by atoms with van der Waals surface area (Å²) in [5.41, 5.74) is -0.496. The first-order chi connectivity index (χ1) is 8.19. The molecule has 1 unspecified atom stereocenters. The minimum Gasteiger partial charge on any atom is -0.508 e. The van der Waals surface area contributed by atoms with Crippen molar-refractivity contribution in [3.8, 4) is 5.75 Å². The summed E-state index contributed by atoms with van der Waals surface area (Å²) in [5.74, 6) is 0.667. The van der Waals surface area contributed by atoms with Gasteiger partial charge >= 0.3 is 5.63 Å². The molecule has 1 atom stereocenters. The maximum absolute atomic E-state index is 11.2. The van der Waals surface area contributed by atoms with E-state index in [9.17, 15) is 9.90 Å². The van der Waals surface area contributed by atoms with Crippen LogP contribution in [0.25, 0.3) is 0 Å². The van der Waals surface area contributed by atoms with Crippen LogP contribution in [0.3, 0.4) is 0 Å². The number of thiophene rings is 1. The van der Waals surface area contributed by atoms with E-state index in [0.29, 0.717) is 5.76 Å². The quantitative estimate of drug-likeness (QED) is 0.906. The molecule has 0 aliphatic rings. The minimum atomic E-state index is -0.496. The van der Waals surface area contributed by atoms with E-state index in [1.165, 1.54) is 10.9 Å². The Kier molecular flexibility index (Phi) is 3.64. The van der Waals surface area contributed by atoms with Crippen LogP contribution in [0.5, 0.6) is 5.75 Å². The van der Waals surface area contributed by atoms with Crippen LogP contribution in [-0.2, 0) is 6.42 Å². The fourth-order valence-electron chi connectivity index (χ4n) is 1.80. The van der Waals surface area contributed by atoms with Gasteiger partial charge in [0.15, 0.2) is 0 Å². The number of rotatable bonds is 4. The Balaban J connectivity index is 2.25. The molecule has 0 aliphatic carbocycles. The number of aromatic hydroxyl groups is 1. The van der Waals surface area contributed by atoms with Gasteiger partial charge in [0.2, 0.25) is 0 Å². The predicted octanol–water partition coefficient (Wildman–Crippen LogP) is 3.14. The van der Waals surface area contributed by atoms with E-state index < -0.39 is 5.63 Å². The first kappa shape index (κ1) is 11.9. The Morgan fingerprint density at radius 1 is 1.47 bits per heavy atom. The second-order valence-electron chi connectivity index (χ2n) is 3.93. The molecule has 90 valence electrons. The average Bonchev–Trinajstić information content (AvgIpc) is 2.77. The van der Waals surface area contributed by atoms with Crippen LogP contribution in [0, 0.1) is 0 Å². The van der Waals surface area contributed by atoms with Crippen LogP contribution in [0.1, 0.15) is 29.9 Å². The van der Waals surface area contributed by atoms with Crippen LogP contribution < -0.4 is 5.63 Å². The van der Waals surface area contributed by atoms with E-state index in [4.69, 9.17) is 4.42 Å². The summed E-state index contributed by atoms with van der Waals surface area (Å²) >= 11 is 1.69. The van der Waals surface area contributed by atoms with Gasteiger partial charge in [0.25, 0.3) is 0 Å². The zero-order valence-corrected chi connectivity index (χ0v) is 10.4. The van der Waals surface area contributed by atoms with Crippen molar-refractivity contribution in [3.05, 3.63) is 50.7 Å². The van der Waals surface area contributed by atoms with Gasteiger partial charge in [-0.1, -0.05) is 13.0 Å². The van der Waals surface area contributed by atoms with Gasteiger partial charge in [0.1, 0.15) is 11.5 Å². The Labute approximate surface area is 103 Å². The van der Waals surface area contributed by atoms with Gasteiger partial charge in [-0.05, 0) is 24.3 Å². The smallest absolute Gasteiger partial charge is 0.339 e. The Hall–Kier alpha value is -1.55. The summed E-state index contributed by atoms with van der Waals surface area (Å²) in [4.78, 5) is 12.5. The van der Waals surface area contributed by atoms with Gasteiger partial charge in [-0.3, -0.25) is 0 Å². The van der Waals surface area contributed by atoms with Crippen LogP contribution in [0.4, 0.5) is 0 Å². The van der Waals surface area contributed by atoms with Gasteiger partial charge in [-0.25, -0.2) is 4.79 Å². The molecule has 2 heterocycles. The summed E-state index contributed by atoms with van der Waals surface area (Å²) in [6, 6.07) is 6.68. The zero-order valence-electron chi connectivity index (χ0n) is 9.55. The van der Waals surface area contributed by atoms with E-state index in [-0.39, 0.29) is 11.7 Å². The standard InChI is InChI=1S/C13H14O3S/c1-2-9(6-11-4-3-5-17-11)12-7-10(14)8-13(15)16-12/h3-5,7-9,14H,2,6H2,1H3. The van der Waals surface area contributed by atoms with E-state index in [2.05, 4.69) is 6.07 Å². The maximum atomic E-state index is 11.2. The lowest BCUT2D eigenvalue weighted by atomic mass is 9.98. The average molecular weight is 250 g/mol. The first-order valence-electron chi connectivity index (χ1n) is 5.55. The highest BCUT2D eigenvalue weighted by atomic mass is 32.1. The van der Waals surface area contributed by atoms with Crippen molar-refractivity contribution in [2.24, 2.45) is 0 Å². The summed E-state index contributed by atoms with van der Waals surface area (Å²) in [5, 5.41) is 11.4. The second kappa shape index (κ2) is 5.19. The summed E-state index contributed by atoms with van der Waals surface area (Å²) in [6.07, 6.45) is 1.70. The minimum absolute atomic E-state index is 0.0270. The molecule has 3 nitrogen and oxygen atoms in total. The monoisotopic (exact) mass is 250 g/mol. The molecule has 2 rings (SSSR count). The fraction of sp³-hybridized carbons (Fsp3) is 0.308. The summed E-state index contributed by atoms with van der Waals surface area (Å²) in [6.45, 7) is 2.04. The van der Waals surface area contributed by atoms with Gasteiger partial charge in [0, 0.05) is 16.9 Å². The van der Waals surface area contributed by atoms with Crippen LogP contribution in [0.2, 0.25) is 0 Å². The molecular formula is C13H14O3S. The molecule has 0 fully saturated rings. The molecule has 1 N–H and O–H groups in total. The summed E-state index contributed by atoms with van der Waals surface area (Å²) in [7, 11) is 0. The second-order valence-corrected chi connectivity index (χ2v) is 4.96. The van der Waals surface area contributed by atoms with E-state index >= 15 is 0 Å². The molecule has 0 aromatic carbocycles. The van der Waals surface area contributed by atoms with Crippen molar-refractivity contribution in [3.63, 3.8) is 0 Å². The predicted molar refractivity (Wildman–Crippen MR) is 67.7 cm³/mol. The fourth-order valence-corrected chi connectivity index (χ4v) is 2.59. The highest BCUT2D eigenvalue weighted by molar-refractivity contribution is 7.09. The molecule has 17 heavy (non-hydrogen) atoms. The lowest BCUT2D eigenvalue weighted by Crippen LogP contribution is -2.05. The molecule has 4 heteroatoms. The number of hydrogen-bond acceptors (Lipinski definition) is 4. The van der Waals surface area contributed by atoms with Gasteiger partial charge in [-0.2, -0.15) is 0 Å². The van der Waals surface area contributed by atoms with Crippen molar-refractivity contribution < 1.29 is 9.52 Å². The Morgan fingerprint density at radius 2 is 2.29 bits per heavy atom. The normalized spacial score (nSPS) is 12.5. The number of hydrogen-bond donors (Lipinski definition) is 1. The molecule has 0 saturated heterocycles. The molecule has 0 bridgehead atoms. The molecule has 2 aromatic heterocycles. The van der Waals surface area contributed by atoms with E-state index in [1.807, 2.05) is 18.4 Å². The van der Waals surface area contributed by atoms with Crippen LogP contribution >= 0.6 is 11.3 Å².